The molecule has 0 radical (unpaired) electrons. The van der Waals surface area contributed by atoms with Gasteiger partial charge < -0.3 is 4.74 Å². The molecule has 1 aliphatic heterocycles. The van der Waals surface area contributed by atoms with E-state index in [2.05, 4.69) is 4.74 Å². The van der Waals surface area contributed by atoms with Gasteiger partial charge in [0.25, 0.3) is 0 Å². The van der Waals surface area contributed by atoms with Crippen LogP contribution in [0.3, 0.4) is 0 Å². The third-order valence-corrected chi connectivity index (χ3v) is 2.87. The van der Waals surface area contributed by atoms with Crippen molar-refractivity contribution < 1.29 is 17.9 Å². The number of carbonyl (C=O) groups is 1. The molecule has 0 unspecified atom stereocenters. The van der Waals surface area contributed by atoms with Gasteiger partial charge in [-0.2, -0.15) is 0 Å². The Kier molecular flexibility index (Phi) is 1.68. The van der Waals surface area contributed by atoms with Crippen LogP contribution in [0.4, 0.5) is 0 Å². The fourth-order valence-electron chi connectivity index (χ4n) is 0.866. The van der Waals surface area contributed by atoms with Crippen LogP contribution in [0.2, 0.25) is 0 Å². The highest BCUT2D eigenvalue weighted by Gasteiger charge is 2.34. The molecule has 0 aliphatic carbocycles. The lowest BCUT2D eigenvalue weighted by atomic mass is 10.4. The molecule has 1 rings (SSSR count). The molecule has 0 saturated carbocycles. The molecule has 0 bridgehead atoms. The second-order valence-electron chi connectivity index (χ2n) is 2.27. The van der Waals surface area contributed by atoms with Crippen LogP contribution in [-0.2, 0) is 19.4 Å². The molecule has 0 amide bonds. The fraction of sp³-hybridized carbons (Fsp3) is 0.800. The van der Waals surface area contributed by atoms with Crippen molar-refractivity contribution in [2.45, 2.75) is 11.7 Å². The van der Waals surface area contributed by atoms with Gasteiger partial charge >= 0.3 is 5.97 Å². The summed E-state index contributed by atoms with van der Waals surface area (Å²) in [7, 11) is -3.23. The average Bonchev–Trinajstić information content (AvgIpc) is 2.11. The molecule has 0 N–H and O–H groups in total. The molecule has 0 aromatic heterocycles. The highest BCUT2D eigenvalue weighted by molar-refractivity contribution is 7.92. The minimum Gasteiger partial charge on any atom is -0.465 e. The molecule has 4 nitrogen and oxygen atoms in total. The monoisotopic (exact) mass is 164 g/mol. The zero-order chi connectivity index (χ0) is 7.78. The number of rotatable bonds is 1. The smallest absolute Gasteiger partial charge is 0.324 e. The molecule has 1 saturated heterocycles. The van der Waals surface area contributed by atoms with E-state index < -0.39 is 21.1 Å². The SMILES string of the molecule is CS(=O)(=O)[C@H]1CCOC1=O. The van der Waals surface area contributed by atoms with Gasteiger partial charge in [-0.3, -0.25) is 4.79 Å². The first kappa shape index (κ1) is 7.53. The maximum absolute atomic E-state index is 10.7. The van der Waals surface area contributed by atoms with Gasteiger partial charge in [-0.05, 0) is 0 Å². The number of carbonyl (C=O) groups excluding carboxylic acids is 1. The standard InChI is InChI=1S/C5H8O4S/c1-10(7,8)4-2-3-9-5(4)6/h4H,2-3H2,1H3/t4-/m0/s1. The molecule has 10 heavy (non-hydrogen) atoms. The van der Waals surface area contributed by atoms with E-state index in [9.17, 15) is 13.2 Å². The van der Waals surface area contributed by atoms with Gasteiger partial charge in [0.15, 0.2) is 15.1 Å². The maximum Gasteiger partial charge on any atom is 0.324 e. The Hall–Kier alpha value is -0.580. The predicted octanol–water partition coefficient (Wildman–Crippen LogP) is -0.653. The maximum atomic E-state index is 10.7. The van der Waals surface area contributed by atoms with Crippen LogP contribution in [0.1, 0.15) is 6.42 Å². The van der Waals surface area contributed by atoms with E-state index in [0.29, 0.717) is 6.42 Å². The summed E-state index contributed by atoms with van der Waals surface area (Å²) in [6, 6.07) is 0. The number of esters is 1. The van der Waals surface area contributed by atoms with Crippen molar-refractivity contribution in [2.24, 2.45) is 0 Å². The van der Waals surface area contributed by atoms with E-state index in [1.54, 1.807) is 0 Å². The third kappa shape index (κ3) is 1.29. The van der Waals surface area contributed by atoms with Gasteiger partial charge in [0.2, 0.25) is 0 Å². The second kappa shape index (κ2) is 2.23. The first-order valence-electron chi connectivity index (χ1n) is 2.87. The van der Waals surface area contributed by atoms with E-state index in [4.69, 9.17) is 0 Å². The highest BCUT2D eigenvalue weighted by atomic mass is 32.2. The van der Waals surface area contributed by atoms with Crippen LogP contribution >= 0.6 is 0 Å². The zero-order valence-electron chi connectivity index (χ0n) is 5.53. The Bertz CT molecular complexity index is 240. The quantitative estimate of drug-likeness (QED) is 0.483. The Morgan fingerprint density at radius 3 is 2.40 bits per heavy atom. The minimum atomic E-state index is -3.23. The van der Waals surface area contributed by atoms with Crippen LogP contribution in [0, 0.1) is 0 Å². The molecular weight excluding hydrogens is 156 g/mol. The Morgan fingerprint density at radius 2 is 2.20 bits per heavy atom. The number of ether oxygens (including phenoxy) is 1. The number of hydrogen-bond donors (Lipinski definition) is 0. The molecule has 1 heterocycles. The molecule has 1 aliphatic rings. The summed E-state index contributed by atoms with van der Waals surface area (Å²) in [5.41, 5.74) is 0. The van der Waals surface area contributed by atoms with E-state index >= 15 is 0 Å². The second-order valence-corrected chi connectivity index (χ2v) is 4.50. The average molecular weight is 164 g/mol. The molecule has 0 aromatic carbocycles. The van der Waals surface area contributed by atoms with E-state index in [1.165, 1.54) is 0 Å². The molecule has 5 heteroatoms. The Balaban J connectivity index is 2.84. The van der Waals surface area contributed by atoms with Crippen LogP contribution in [0.15, 0.2) is 0 Å². The molecule has 1 fully saturated rings. The van der Waals surface area contributed by atoms with E-state index in [-0.39, 0.29) is 6.61 Å². The summed E-state index contributed by atoms with van der Waals surface area (Å²) in [4.78, 5) is 10.6. The van der Waals surface area contributed by atoms with Crippen molar-refractivity contribution in [1.82, 2.24) is 0 Å². The number of hydrogen-bond acceptors (Lipinski definition) is 4. The van der Waals surface area contributed by atoms with Crippen molar-refractivity contribution in [3.8, 4) is 0 Å². The predicted molar refractivity (Wildman–Crippen MR) is 34.2 cm³/mol. The largest absolute Gasteiger partial charge is 0.465 e. The molecule has 58 valence electrons. The van der Waals surface area contributed by atoms with Crippen LogP contribution in [-0.4, -0.2) is 32.5 Å². The van der Waals surface area contributed by atoms with E-state index in [1.807, 2.05) is 0 Å². The summed E-state index contributed by atoms with van der Waals surface area (Å²) < 4.78 is 26.0. The van der Waals surface area contributed by atoms with Gasteiger partial charge in [-0.1, -0.05) is 0 Å². The van der Waals surface area contributed by atoms with Gasteiger partial charge in [-0.25, -0.2) is 8.42 Å². The molecule has 1 atom stereocenters. The summed E-state index contributed by atoms with van der Waals surface area (Å²) >= 11 is 0. The first-order valence-corrected chi connectivity index (χ1v) is 4.83. The Morgan fingerprint density at radius 1 is 1.60 bits per heavy atom. The summed E-state index contributed by atoms with van der Waals surface area (Å²) in [6.07, 6.45) is 1.35. The Labute approximate surface area is 59.1 Å². The lowest BCUT2D eigenvalue weighted by Gasteiger charge is -1.99. The molecular formula is C5H8O4S. The van der Waals surface area contributed by atoms with Gasteiger partial charge in [-0.15, -0.1) is 0 Å². The highest BCUT2D eigenvalue weighted by Crippen LogP contribution is 2.13. The van der Waals surface area contributed by atoms with Gasteiger partial charge in [0.05, 0.1) is 6.61 Å². The summed E-state index contributed by atoms with van der Waals surface area (Å²) in [5, 5.41) is -0.910. The van der Waals surface area contributed by atoms with E-state index in [0.717, 1.165) is 6.26 Å². The normalized spacial score (nSPS) is 26.5. The van der Waals surface area contributed by atoms with Crippen LogP contribution < -0.4 is 0 Å². The van der Waals surface area contributed by atoms with Crippen LogP contribution in [0.25, 0.3) is 0 Å². The summed E-state index contributed by atoms with van der Waals surface area (Å²) in [6.45, 7) is 0.233. The number of sulfone groups is 1. The molecule has 0 aromatic rings. The van der Waals surface area contributed by atoms with Crippen molar-refractivity contribution in [3.05, 3.63) is 0 Å². The van der Waals surface area contributed by atoms with Crippen molar-refractivity contribution in [3.63, 3.8) is 0 Å². The number of cyclic esters (lactones) is 1. The van der Waals surface area contributed by atoms with Gasteiger partial charge in [0.1, 0.15) is 0 Å². The zero-order valence-corrected chi connectivity index (χ0v) is 6.35. The van der Waals surface area contributed by atoms with Crippen molar-refractivity contribution in [1.29, 1.82) is 0 Å². The molecule has 0 spiro atoms. The lowest BCUT2D eigenvalue weighted by Crippen LogP contribution is -2.24. The van der Waals surface area contributed by atoms with Crippen LogP contribution in [0.5, 0.6) is 0 Å². The van der Waals surface area contributed by atoms with Crippen molar-refractivity contribution >= 4 is 15.8 Å². The van der Waals surface area contributed by atoms with Crippen molar-refractivity contribution in [2.75, 3.05) is 12.9 Å². The first-order chi connectivity index (χ1) is 4.52. The summed E-state index contributed by atoms with van der Waals surface area (Å²) in [5.74, 6) is -0.609. The van der Waals surface area contributed by atoms with Gasteiger partial charge in [0, 0.05) is 12.7 Å². The minimum absolute atomic E-state index is 0.233. The fourth-order valence-corrected chi connectivity index (χ4v) is 1.81. The third-order valence-electron chi connectivity index (χ3n) is 1.40. The lowest BCUT2D eigenvalue weighted by molar-refractivity contribution is -0.137. The topological polar surface area (TPSA) is 60.4 Å².